The normalized spacial score (nSPS) is 10.7. The summed E-state index contributed by atoms with van der Waals surface area (Å²) in [6, 6.07) is 4.49. The first-order chi connectivity index (χ1) is 10.2. The number of nitro groups is 1. The Hall–Kier alpha value is -2.32. The molecule has 1 N–H and O–H groups in total. The quantitative estimate of drug-likeness (QED) is 0.448. The summed E-state index contributed by atoms with van der Waals surface area (Å²) in [6.07, 6.45) is 1.42. The van der Waals surface area contributed by atoms with Crippen molar-refractivity contribution in [3.63, 3.8) is 0 Å². The molecule has 0 atom stereocenters. The number of rotatable bonds is 8. The summed E-state index contributed by atoms with van der Waals surface area (Å²) < 4.78 is 10.2. The van der Waals surface area contributed by atoms with E-state index in [0.29, 0.717) is 43.1 Å². The number of aromatic nitrogens is 2. The average Bonchev–Trinajstić information content (AvgIpc) is 2.50. The van der Waals surface area contributed by atoms with E-state index >= 15 is 0 Å². The van der Waals surface area contributed by atoms with E-state index in [0.717, 1.165) is 0 Å². The number of non-ortho nitro benzene ring substituents is 1. The zero-order valence-electron chi connectivity index (χ0n) is 11.6. The maximum Gasteiger partial charge on any atom is 0.270 e. The molecule has 1 aromatic heterocycles. The van der Waals surface area contributed by atoms with Gasteiger partial charge in [-0.15, -0.1) is 0 Å². The summed E-state index contributed by atoms with van der Waals surface area (Å²) in [5.41, 5.74) is 0.662. The molecule has 0 saturated carbocycles. The van der Waals surface area contributed by atoms with Gasteiger partial charge in [-0.25, -0.2) is 9.97 Å². The molecule has 0 bridgehead atoms. The largest absolute Gasteiger partial charge is 0.382 e. The smallest absolute Gasteiger partial charge is 0.270 e. The van der Waals surface area contributed by atoms with E-state index in [4.69, 9.17) is 9.47 Å². The van der Waals surface area contributed by atoms with E-state index in [1.807, 2.05) is 0 Å². The fourth-order valence-corrected chi connectivity index (χ4v) is 1.78. The van der Waals surface area contributed by atoms with Gasteiger partial charge in [-0.05, 0) is 6.07 Å². The molecule has 0 unspecified atom stereocenters. The Morgan fingerprint density at radius 1 is 1.29 bits per heavy atom. The summed E-state index contributed by atoms with van der Waals surface area (Å²) in [4.78, 5) is 18.6. The minimum atomic E-state index is -0.440. The molecule has 21 heavy (non-hydrogen) atoms. The van der Waals surface area contributed by atoms with Gasteiger partial charge < -0.3 is 14.8 Å². The van der Waals surface area contributed by atoms with Crippen molar-refractivity contribution in [2.45, 2.75) is 0 Å². The molecule has 8 heteroatoms. The van der Waals surface area contributed by atoms with Gasteiger partial charge in [0.05, 0.1) is 30.3 Å². The molecule has 1 aromatic carbocycles. The lowest BCUT2D eigenvalue weighted by Gasteiger charge is -2.08. The molecule has 112 valence electrons. The Kier molecular flexibility index (Phi) is 5.35. The lowest BCUT2D eigenvalue weighted by Crippen LogP contribution is -2.13. The zero-order chi connectivity index (χ0) is 15.1. The number of nitrogens with one attached hydrogen (secondary N) is 1. The lowest BCUT2D eigenvalue weighted by atomic mass is 10.2. The van der Waals surface area contributed by atoms with Crippen LogP contribution < -0.4 is 5.32 Å². The van der Waals surface area contributed by atoms with Crippen LogP contribution in [0, 0.1) is 10.1 Å². The second kappa shape index (κ2) is 7.46. The Morgan fingerprint density at radius 3 is 2.90 bits per heavy atom. The van der Waals surface area contributed by atoms with Crippen LogP contribution in [0.3, 0.4) is 0 Å². The summed E-state index contributed by atoms with van der Waals surface area (Å²) in [5, 5.41) is 14.5. The van der Waals surface area contributed by atoms with Gasteiger partial charge in [0.15, 0.2) is 0 Å². The molecule has 1 heterocycles. The maximum atomic E-state index is 10.8. The van der Waals surface area contributed by atoms with Gasteiger partial charge in [0.25, 0.3) is 5.69 Å². The Morgan fingerprint density at radius 2 is 2.14 bits per heavy atom. The molecule has 0 aliphatic rings. The first-order valence-electron chi connectivity index (χ1n) is 6.42. The predicted octanol–water partition coefficient (Wildman–Crippen LogP) is 1.61. The zero-order valence-corrected chi connectivity index (χ0v) is 11.6. The SMILES string of the molecule is COCCOCCNc1ncnc2ccc([N+](=O)[O-])cc12. The molecule has 2 rings (SSSR count). The minimum absolute atomic E-state index is 0.0108. The van der Waals surface area contributed by atoms with Crippen molar-refractivity contribution >= 4 is 22.4 Å². The Bertz CT molecular complexity index is 620. The van der Waals surface area contributed by atoms with Gasteiger partial charge in [0, 0.05) is 31.2 Å². The lowest BCUT2D eigenvalue weighted by molar-refractivity contribution is -0.384. The molecular formula is C13H16N4O4. The molecule has 0 spiro atoms. The summed E-state index contributed by atoms with van der Waals surface area (Å²) in [7, 11) is 1.61. The van der Waals surface area contributed by atoms with Crippen LogP contribution in [0.2, 0.25) is 0 Å². The first kappa shape index (κ1) is 15.1. The van der Waals surface area contributed by atoms with Crippen molar-refractivity contribution in [1.29, 1.82) is 0 Å². The second-order valence-electron chi connectivity index (χ2n) is 4.21. The Labute approximate surface area is 121 Å². The molecule has 0 fully saturated rings. The number of hydrogen-bond acceptors (Lipinski definition) is 7. The number of ether oxygens (including phenoxy) is 2. The molecule has 8 nitrogen and oxygen atoms in total. The predicted molar refractivity (Wildman–Crippen MR) is 77.4 cm³/mol. The Balaban J connectivity index is 2.05. The molecular weight excluding hydrogens is 276 g/mol. The van der Waals surface area contributed by atoms with Gasteiger partial charge in [-0.1, -0.05) is 0 Å². The van der Waals surface area contributed by atoms with E-state index in [1.165, 1.54) is 18.5 Å². The van der Waals surface area contributed by atoms with Crippen LogP contribution in [-0.2, 0) is 9.47 Å². The van der Waals surface area contributed by atoms with Gasteiger partial charge >= 0.3 is 0 Å². The second-order valence-corrected chi connectivity index (χ2v) is 4.21. The van der Waals surface area contributed by atoms with E-state index in [9.17, 15) is 10.1 Å². The highest BCUT2D eigenvalue weighted by Crippen LogP contribution is 2.23. The van der Waals surface area contributed by atoms with Crippen LogP contribution in [-0.4, -0.2) is 48.4 Å². The third-order valence-electron chi connectivity index (χ3n) is 2.80. The van der Waals surface area contributed by atoms with Crippen molar-refractivity contribution in [2.75, 3.05) is 38.8 Å². The number of methoxy groups -OCH3 is 1. The van der Waals surface area contributed by atoms with Gasteiger partial charge in [0.2, 0.25) is 0 Å². The van der Waals surface area contributed by atoms with E-state index in [-0.39, 0.29) is 5.69 Å². The summed E-state index contributed by atoms with van der Waals surface area (Å²) in [6.45, 7) is 2.10. The average molecular weight is 292 g/mol. The number of hydrogen-bond donors (Lipinski definition) is 1. The standard InChI is InChI=1S/C13H16N4O4/c1-20-6-7-21-5-4-14-13-11-8-10(17(18)19)2-3-12(11)15-9-16-13/h2-3,8-9H,4-7H2,1H3,(H,14,15,16). The van der Waals surface area contributed by atoms with Crippen LogP contribution in [0.5, 0.6) is 0 Å². The topological polar surface area (TPSA) is 99.4 Å². The fourth-order valence-electron chi connectivity index (χ4n) is 1.78. The summed E-state index contributed by atoms with van der Waals surface area (Å²) >= 11 is 0. The number of nitro benzene ring substituents is 1. The van der Waals surface area contributed by atoms with Gasteiger partial charge in [-0.3, -0.25) is 10.1 Å². The van der Waals surface area contributed by atoms with E-state index < -0.39 is 4.92 Å². The maximum absolute atomic E-state index is 10.8. The van der Waals surface area contributed by atoms with E-state index in [1.54, 1.807) is 13.2 Å². The monoisotopic (exact) mass is 292 g/mol. The first-order valence-corrected chi connectivity index (χ1v) is 6.42. The number of anilines is 1. The van der Waals surface area contributed by atoms with Gasteiger partial charge in [0.1, 0.15) is 12.1 Å². The van der Waals surface area contributed by atoms with Crippen LogP contribution in [0.25, 0.3) is 10.9 Å². The third-order valence-corrected chi connectivity index (χ3v) is 2.80. The number of fused-ring (bicyclic) bond motifs is 1. The van der Waals surface area contributed by atoms with Crippen molar-refractivity contribution < 1.29 is 14.4 Å². The van der Waals surface area contributed by atoms with Crippen molar-refractivity contribution in [3.05, 3.63) is 34.6 Å². The molecule has 0 aliphatic carbocycles. The highest BCUT2D eigenvalue weighted by Gasteiger charge is 2.10. The van der Waals surface area contributed by atoms with Crippen LogP contribution >= 0.6 is 0 Å². The van der Waals surface area contributed by atoms with E-state index in [2.05, 4.69) is 15.3 Å². The number of nitrogens with zero attached hydrogens (tertiary/aromatic N) is 3. The van der Waals surface area contributed by atoms with Crippen LogP contribution in [0.15, 0.2) is 24.5 Å². The van der Waals surface area contributed by atoms with Crippen LogP contribution in [0.4, 0.5) is 11.5 Å². The molecule has 0 amide bonds. The highest BCUT2D eigenvalue weighted by atomic mass is 16.6. The molecule has 0 radical (unpaired) electrons. The molecule has 2 aromatic rings. The summed E-state index contributed by atoms with van der Waals surface area (Å²) in [5.74, 6) is 0.555. The number of benzene rings is 1. The highest BCUT2D eigenvalue weighted by molar-refractivity contribution is 5.90. The van der Waals surface area contributed by atoms with Crippen molar-refractivity contribution in [3.8, 4) is 0 Å². The fraction of sp³-hybridized carbons (Fsp3) is 0.385. The molecule has 0 saturated heterocycles. The minimum Gasteiger partial charge on any atom is -0.382 e. The van der Waals surface area contributed by atoms with Crippen molar-refractivity contribution in [1.82, 2.24) is 9.97 Å². The molecule has 0 aliphatic heterocycles. The van der Waals surface area contributed by atoms with Gasteiger partial charge in [-0.2, -0.15) is 0 Å². The van der Waals surface area contributed by atoms with Crippen molar-refractivity contribution in [2.24, 2.45) is 0 Å². The van der Waals surface area contributed by atoms with Crippen LogP contribution in [0.1, 0.15) is 0 Å². The third kappa shape index (κ3) is 4.07.